The quantitative estimate of drug-likeness (QED) is 0.125. The molecule has 0 bridgehead atoms. The number of nitrogens with zero attached hydrogens (tertiary/aromatic N) is 8. The molecular formula is C47H59F3N10O4. The van der Waals surface area contributed by atoms with Crippen LogP contribution in [-0.4, -0.2) is 126 Å². The summed E-state index contributed by atoms with van der Waals surface area (Å²) in [7, 11) is 1.74. The van der Waals surface area contributed by atoms with Gasteiger partial charge in [0.1, 0.15) is 11.7 Å². The number of rotatable bonds is 13. The second-order valence-corrected chi connectivity index (χ2v) is 18.3. The van der Waals surface area contributed by atoms with E-state index < -0.39 is 24.5 Å². The van der Waals surface area contributed by atoms with Crippen LogP contribution in [0.25, 0.3) is 33.2 Å². The molecule has 14 nitrogen and oxygen atoms in total. The number of alkyl halides is 3. The van der Waals surface area contributed by atoms with Crippen LogP contribution in [0.4, 0.5) is 19.1 Å². The van der Waals surface area contributed by atoms with E-state index in [1.165, 1.54) is 23.0 Å². The van der Waals surface area contributed by atoms with Crippen molar-refractivity contribution in [1.82, 2.24) is 43.7 Å². The van der Waals surface area contributed by atoms with Crippen molar-refractivity contribution in [2.24, 2.45) is 7.05 Å². The Balaban J connectivity index is 0.769. The van der Waals surface area contributed by atoms with Crippen LogP contribution in [-0.2, 0) is 29.6 Å². The Hall–Kier alpha value is -5.10. The zero-order valence-electron chi connectivity index (χ0n) is 36.5. The summed E-state index contributed by atoms with van der Waals surface area (Å²) in [5.74, 6) is -0.543. The number of benzene rings is 2. The molecule has 4 fully saturated rings. The molecule has 2 aromatic carbocycles. The van der Waals surface area contributed by atoms with E-state index in [1.807, 2.05) is 6.07 Å². The molecule has 342 valence electrons. The summed E-state index contributed by atoms with van der Waals surface area (Å²) >= 11 is 0. The number of hydrogen-bond donors (Lipinski definition) is 3. The van der Waals surface area contributed by atoms with Gasteiger partial charge >= 0.3 is 11.9 Å². The fraction of sp³-hybridized carbons (Fsp3) is 0.553. The molecule has 3 N–H and O–H groups in total. The van der Waals surface area contributed by atoms with Gasteiger partial charge in [0.05, 0.1) is 23.6 Å². The first-order chi connectivity index (χ1) is 30.9. The molecule has 3 aromatic heterocycles. The molecule has 2 amide bonds. The van der Waals surface area contributed by atoms with Crippen molar-refractivity contribution in [2.45, 2.75) is 108 Å². The van der Waals surface area contributed by atoms with Crippen LogP contribution in [0.3, 0.4) is 0 Å². The number of aliphatic hydroxyl groups is 1. The highest BCUT2D eigenvalue weighted by Gasteiger charge is 2.32. The number of carbonyl (C=O) groups is 2. The average Bonchev–Trinajstić information content (AvgIpc) is 3.77. The lowest BCUT2D eigenvalue weighted by Gasteiger charge is -2.43. The van der Waals surface area contributed by atoms with Crippen molar-refractivity contribution in [3.05, 3.63) is 76.5 Å². The molecule has 5 aromatic rings. The molecular weight excluding hydrogens is 826 g/mol. The summed E-state index contributed by atoms with van der Waals surface area (Å²) in [6.07, 6.45) is 6.12. The largest absolute Gasteiger partial charge is 0.393 e. The number of aliphatic hydroxyl groups excluding tert-OH is 1. The van der Waals surface area contributed by atoms with Gasteiger partial charge in [-0.1, -0.05) is 30.3 Å². The number of piperazine rings is 1. The molecule has 2 unspecified atom stereocenters. The molecule has 17 heteroatoms. The second kappa shape index (κ2) is 18.8. The summed E-state index contributed by atoms with van der Waals surface area (Å²) in [4.78, 5) is 54.4. The van der Waals surface area contributed by atoms with Crippen molar-refractivity contribution in [2.75, 3.05) is 57.7 Å². The topological polar surface area (TPSA) is 146 Å². The summed E-state index contributed by atoms with van der Waals surface area (Å²) in [6.45, 7) is 7.87. The van der Waals surface area contributed by atoms with Gasteiger partial charge in [-0.15, -0.1) is 0 Å². The van der Waals surface area contributed by atoms with Gasteiger partial charge < -0.3 is 19.9 Å². The van der Waals surface area contributed by atoms with Crippen LogP contribution in [0.1, 0.15) is 87.4 Å². The van der Waals surface area contributed by atoms with Gasteiger partial charge in [0.25, 0.3) is 0 Å². The van der Waals surface area contributed by atoms with Gasteiger partial charge in [-0.2, -0.15) is 18.2 Å². The summed E-state index contributed by atoms with van der Waals surface area (Å²) in [5, 5.41) is 16.1. The van der Waals surface area contributed by atoms with E-state index in [2.05, 4.69) is 77.5 Å². The highest BCUT2D eigenvalue weighted by molar-refractivity contribution is 6.00. The Kier molecular flexibility index (Phi) is 12.9. The maximum absolute atomic E-state index is 13.2. The molecule has 64 heavy (non-hydrogen) atoms. The van der Waals surface area contributed by atoms with Crippen LogP contribution < -0.4 is 16.3 Å². The Morgan fingerprint density at radius 1 is 0.875 bits per heavy atom. The van der Waals surface area contributed by atoms with Gasteiger partial charge in [-0.05, 0) is 99.7 Å². The van der Waals surface area contributed by atoms with Crippen LogP contribution in [0.15, 0.2) is 59.7 Å². The van der Waals surface area contributed by atoms with Crippen molar-refractivity contribution in [1.29, 1.82) is 0 Å². The molecule has 6 heterocycles. The summed E-state index contributed by atoms with van der Waals surface area (Å²) in [6, 6.07) is 14.7. The molecule has 1 saturated carbocycles. The second-order valence-electron chi connectivity index (χ2n) is 18.3. The molecule has 3 aliphatic heterocycles. The van der Waals surface area contributed by atoms with Crippen molar-refractivity contribution in [3.8, 4) is 11.1 Å². The standard InChI is InChI=1S/C47H59F3N10O4/c1-55-41-26-31(8-15-39(41)60(46(55)64)40-16-17-42(62)53-44(40)63)4-2-20-56-21-3-5-35(29-56)58-24-22-57(23-25-58)28-32-6-9-33(10-7-32)38-30-59(34-11-13-36(61)14-12-34)43-37(38)27-52-45(54-43)51-19-18-47(48,49)50/h6-10,15,26-27,30,34-36,40,61H,2-5,11-14,16-25,28-29H2,1H3,(H,51,52,54)(H,53,62,63). The summed E-state index contributed by atoms with van der Waals surface area (Å²) < 4.78 is 43.7. The van der Waals surface area contributed by atoms with Crippen molar-refractivity contribution < 1.29 is 27.9 Å². The van der Waals surface area contributed by atoms with E-state index in [1.54, 1.807) is 17.8 Å². The minimum Gasteiger partial charge on any atom is -0.393 e. The monoisotopic (exact) mass is 884 g/mol. The lowest BCUT2D eigenvalue weighted by Crippen LogP contribution is -2.54. The normalized spacial score (nSPS) is 23.3. The molecule has 4 aliphatic rings. The highest BCUT2D eigenvalue weighted by Crippen LogP contribution is 2.37. The average molecular weight is 885 g/mol. The van der Waals surface area contributed by atoms with Gasteiger partial charge in [0.2, 0.25) is 17.8 Å². The zero-order chi connectivity index (χ0) is 44.5. The highest BCUT2D eigenvalue weighted by atomic mass is 19.4. The van der Waals surface area contributed by atoms with Gasteiger partial charge in [-0.3, -0.25) is 33.8 Å². The lowest BCUT2D eigenvalue weighted by molar-refractivity contribution is -0.136. The fourth-order valence-electron chi connectivity index (χ4n) is 10.4. The number of imidazole rings is 1. The number of fused-ring (bicyclic) bond motifs is 2. The molecule has 1 aliphatic carbocycles. The zero-order valence-corrected chi connectivity index (χ0v) is 36.5. The Labute approximate surface area is 370 Å². The number of amides is 2. The van der Waals surface area contributed by atoms with E-state index >= 15 is 0 Å². The number of piperidine rings is 2. The van der Waals surface area contributed by atoms with Crippen LogP contribution in [0.5, 0.6) is 0 Å². The lowest BCUT2D eigenvalue weighted by atomic mass is 9.93. The number of hydrogen-bond acceptors (Lipinski definition) is 10. The molecule has 3 saturated heterocycles. The first-order valence-corrected chi connectivity index (χ1v) is 23.0. The van der Waals surface area contributed by atoms with E-state index in [-0.39, 0.29) is 42.7 Å². The number of aromatic nitrogens is 5. The number of aryl methyl sites for hydroxylation is 2. The van der Waals surface area contributed by atoms with Crippen molar-refractivity contribution >= 4 is 39.8 Å². The Morgan fingerprint density at radius 3 is 2.39 bits per heavy atom. The summed E-state index contributed by atoms with van der Waals surface area (Å²) in [5.41, 5.74) is 6.38. The predicted molar refractivity (Wildman–Crippen MR) is 239 cm³/mol. The third-order valence-electron chi connectivity index (χ3n) is 14.0. The Morgan fingerprint density at radius 2 is 1.64 bits per heavy atom. The number of nitrogens with one attached hydrogen (secondary N) is 2. The number of imide groups is 1. The number of anilines is 1. The molecule has 0 spiro atoms. The first-order valence-electron chi connectivity index (χ1n) is 23.0. The molecule has 0 radical (unpaired) electrons. The van der Waals surface area contributed by atoms with Crippen molar-refractivity contribution in [3.63, 3.8) is 0 Å². The number of halogens is 3. The van der Waals surface area contributed by atoms with Crippen LogP contribution >= 0.6 is 0 Å². The first kappa shape index (κ1) is 44.1. The van der Waals surface area contributed by atoms with Crippen LogP contribution in [0, 0.1) is 0 Å². The van der Waals surface area contributed by atoms with E-state index in [0.29, 0.717) is 36.5 Å². The maximum atomic E-state index is 13.2. The van der Waals surface area contributed by atoms with E-state index in [4.69, 9.17) is 4.98 Å². The minimum absolute atomic E-state index is 0.134. The van der Waals surface area contributed by atoms with Gasteiger partial charge in [0.15, 0.2) is 0 Å². The number of likely N-dealkylation sites (tertiary alicyclic amines) is 1. The third-order valence-corrected chi connectivity index (χ3v) is 14.0. The van der Waals surface area contributed by atoms with Gasteiger partial charge in [-0.25, -0.2) is 9.78 Å². The smallest absolute Gasteiger partial charge is 0.390 e. The van der Waals surface area contributed by atoms with E-state index in [0.717, 1.165) is 106 Å². The number of carbonyl (C=O) groups excluding carboxylic acids is 2. The molecule has 2 atom stereocenters. The Bertz CT molecular complexity index is 2520. The molecule has 9 rings (SSSR count). The third kappa shape index (κ3) is 9.77. The van der Waals surface area contributed by atoms with Crippen LogP contribution in [0.2, 0.25) is 0 Å². The fourth-order valence-corrected chi connectivity index (χ4v) is 10.4. The predicted octanol–water partition coefficient (Wildman–Crippen LogP) is 5.78. The minimum atomic E-state index is -4.26. The van der Waals surface area contributed by atoms with Gasteiger partial charge in [0, 0.05) is 94.7 Å². The van der Waals surface area contributed by atoms with E-state index in [9.17, 15) is 32.7 Å². The maximum Gasteiger partial charge on any atom is 0.390 e. The SMILES string of the molecule is Cn1c(=O)n(C2CCC(=O)NC2=O)c2ccc(CCCN3CCCC(N4CCN(Cc5ccc(-c6cn(C7CCC(O)CC7)c7nc(NCCC(F)(F)F)ncc67)cc5)CC4)C3)cc21.